The number of furan rings is 1. The summed E-state index contributed by atoms with van der Waals surface area (Å²) in [6, 6.07) is 8.63. The van der Waals surface area contributed by atoms with Gasteiger partial charge in [-0.1, -0.05) is 12.1 Å². The van der Waals surface area contributed by atoms with E-state index in [9.17, 15) is 26.7 Å². The molecule has 0 aliphatic rings. The van der Waals surface area contributed by atoms with Crippen molar-refractivity contribution in [1.82, 2.24) is 4.72 Å². The summed E-state index contributed by atoms with van der Waals surface area (Å²) >= 11 is 1.33. The van der Waals surface area contributed by atoms with Crippen molar-refractivity contribution < 1.29 is 31.1 Å². The molecular weight excluding hydrogens is 415 g/mol. The van der Waals surface area contributed by atoms with Gasteiger partial charge in [0.2, 0.25) is 10.0 Å². The van der Waals surface area contributed by atoms with Crippen molar-refractivity contribution in [3.8, 4) is 0 Å². The highest BCUT2D eigenvalue weighted by atomic mass is 32.2. The lowest BCUT2D eigenvalue weighted by molar-refractivity contribution is -0.137. The predicted octanol–water partition coefficient (Wildman–Crippen LogP) is 3.72. The molecule has 28 heavy (non-hydrogen) atoms. The van der Waals surface area contributed by atoms with Gasteiger partial charge in [0.25, 0.3) is 0 Å². The van der Waals surface area contributed by atoms with Crippen molar-refractivity contribution in [2.45, 2.75) is 17.5 Å². The average molecular weight is 431 g/mol. The van der Waals surface area contributed by atoms with Crippen LogP contribution in [0, 0.1) is 0 Å². The van der Waals surface area contributed by atoms with E-state index >= 15 is 0 Å². The third-order valence-corrected chi connectivity index (χ3v) is 6.09. The van der Waals surface area contributed by atoms with Crippen LogP contribution in [0.1, 0.15) is 22.5 Å². The van der Waals surface area contributed by atoms with Gasteiger partial charge >= 0.3 is 6.18 Å². The first-order chi connectivity index (χ1) is 13.1. The lowest BCUT2D eigenvalue weighted by Crippen LogP contribution is -2.41. The molecule has 3 rings (SSSR count). The van der Waals surface area contributed by atoms with Crippen molar-refractivity contribution in [2.24, 2.45) is 0 Å². The SMILES string of the molecule is O=S(=O)(Cc1ccc(C(F)(F)F)cc1)NCC(O)(c1ccsc1)c1ccco1. The van der Waals surface area contributed by atoms with Crippen LogP contribution in [-0.2, 0) is 27.6 Å². The first-order valence-corrected chi connectivity index (χ1v) is 10.6. The molecule has 10 heteroatoms. The van der Waals surface area contributed by atoms with E-state index in [1.807, 2.05) is 0 Å². The number of sulfonamides is 1. The molecule has 2 heterocycles. The Balaban J connectivity index is 1.74. The largest absolute Gasteiger partial charge is 0.466 e. The van der Waals surface area contributed by atoms with Crippen LogP contribution in [0.2, 0.25) is 0 Å². The maximum Gasteiger partial charge on any atom is 0.416 e. The molecule has 0 spiro atoms. The lowest BCUT2D eigenvalue weighted by atomic mass is 9.94. The molecule has 0 aliphatic heterocycles. The lowest BCUT2D eigenvalue weighted by Gasteiger charge is -2.25. The van der Waals surface area contributed by atoms with E-state index in [1.54, 1.807) is 22.9 Å². The Hall–Kier alpha value is -2.14. The maximum absolute atomic E-state index is 12.6. The van der Waals surface area contributed by atoms with Gasteiger partial charge < -0.3 is 9.52 Å². The van der Waals surface area contributed by atoms with E-state index in [1.165, 1.54) is 23.7 Å². The smallest absolute Gasteiger partial charge is 0.416 e. The van der Waals surface area contributed by atoms with Crippen molar-refractivity contribution in [2.75, 3.05) is 6.54 Å². The Bertz CT molecular complexity index is 962. The number of aliphatic hydroxyl groups is 1. The van der Waals surface area contributed by atoms with Crippen molar-refractivity contribution in [3.05, 3.63) is 81.9 Å². The Kier molecular flexibility index (Phi) is 5.67. The molecule has 0 saturated heterocycles. The first-order valence-electron chi connectivity index (χ1n) is 8.03. The van der Waals surface area contributed by atoms with E-state index in [-0.39, 0.29) is 17.9 Å². The third kappa shape index (κ3) is 4.64. The Morgan fingerprint density at radius 2 is 1.79 bits per heavy atom. The fraction of sp³-hybridized carbons (Fsp3) is 0.222. The third-order valence-electron chi connectivity index (χ3n) is 4.11. The molecule has 150 valence electrons. The topological polar surface area (TPSA) is 79.5 Å². The summed E-state index contributed by atoms with van der Waals surface area (Å²) in [6.45, 7) is -0.389. The van der Waals surface area contributed by atoms with Crippen LogP contribution in [0.15, 0.2) is 63.9 Å². The molecule has 2 aromatic heterocycles. The summed E-state index contributed by atoms with van der Waals surface area (Å²) in [6.07, 6.45) is -3.13. The minimum Gasteiger partial charge on any atom is -0.466 e. The van der Waals surface area contributed by atoms with Gasteiger partial charge in [0.15, 0.2) is 5.60 Å². The van der Waals surface area contributed by atoms with Crippen molar-refractivity contribution in [3.63, 3.8) is 0 Å². The van der Waals surface area contributed by atoms with Gasteiger partial charge in [0, 0.05) is 5.56 Å². The standard InChI is InChI=1S/C18H16F3NO4S2/c19-18(20,21)14-5-3-13(4-6-14)11-28(24,25)22-12-17(23,15-7-9-27-10-15)16-2-1-8-26-16/h1-10,22-23H,11-12H2. The van der Waals surface area contributed by atoms with E-state index < -0.39 is 33.1 Å². The number of hydrogen-bond acceptors (Lipinski definition) is 5. The zero-order valence-electron chi connectivity index (χ0n) is 14.3. The van der Waals surface area contributed by atoms with Gasteiger partial charge in [-0.15, -0.1) is 0 Å². The fourth-order valence-corrected chi connectivity index (χ4v) is 4.51. The summed E-state index contributed by atoms with van der Waals surface area (Å²) in [5.41, 5.74) is -1.91. The monoisotopic (exact) mass is 431 g/mol. The summed E-state index contributed by atoms with van der Waals surface area (Å²) in [4.78, 5) is 0. The number of alkyl halides is 3. The number of thiophene rings is 1. The molecule has 0 saturated carbocycles. The van der Waals surface area contributed by atoms with E-state index in [4.69, 9.17) is 4.42 Å². The number of nitrogens with one attached hydrogen (secondary N) is 1. The number of benzene rings is 1. The second kappa shape index (κ2) is 7.70. The molecular formula is C18H16F3NO4S2. The van der Waals surface area contributed by atoms with Gasteiger partial charge in [0.1, 0.15) is 5.76 Å². The highest BCUT2D eigenvalue weighted by Gasteiger charge is 2.36. The predicted molar refractivity (Wildman–Crippen MR) is 98.1 cm³/mol. The Labute approximate surface area is 163 Å². The van der Waals surface area contributed by atoms with Crippen LogP contribution in [-0.4, -0.2) is 20.1 Å². The van der Waals surface area contributed by atoms with Crippen LogP contribution < -0.4 is 4.72 Å². The minimum atomic E-state index is -4.49. The second-order valence-corrected chi connectivity index (χ2v) is 8.71. The zero-order valence-corrected chi connectivity index (χ0v) is 15.9. The van der Waals surface area contributed by atoms with E-state index in [0.29, 0.717) is 5.56 Å². The van der Waals surface area contributed by atoms with Crippen molar-refractivity contribution >= 4 is 21.4 Å². The molecule has 1 aromatic carbocycles. The molecule has 1 unspecified atom stereocenters. The first kappa shape index (κ1) is 20.6. The van der Waals surface area contributed by atoms with Gasteiger partial charge in [-0.2, -0.15) is 24.5 Å². The second-order valence-electron chi connectivity index (χ2n) is 6.12. The molecule has 0 fully saturated rings. The molecule has 0 bridgehead atoms. The van der Waals surface area contributed by atoms with Crippen LogP contribution >= 0.6 is 11.3 Å². The number of halogens is 3. The Morgan fingerprint density at radius 1 is 1.07 bits per heavy atom. The highest BCUT2D eigenvalue weighted by Crippen LogP contribution is 2.32. The quantitative estimate of drug-likeness (QED) is 0.598. The normalized spacial score (nSPS) is 14.7. The van der Waals surface area contributed by atoms with Crippen LogP contribution in [0.25, 0.3) is 0 Å². The molecule has 5 nitrogen and oxygen atoms in total. The van der Waals surface area contributed by atoms with E-state index in [2.05, 4.69) is 4.72 Å². The minimum absolute atomic E-state index is 0.170. The summed E-state index contributed by atoms with van der Waals surface area (Å²) in [5, 5.41) is 14.5. The maximum atomic E-state index is 12.6. The van der Waals surface area contributed by atoms with Gasteiger partial charge in [-0.3, -0.25) is 0 Å². The Morgan fingerprint density at radius 3 is 2.32 bits per heavy atom. The van der Waals surface area contributed by atoms with Gasteiger partial charge in [-0.25, -0.2) is 13.1 Å². The van der Waals surface area contributed by atoms with Gasteiger partial charge in [0.05, 0.1) is 24.1 Å². The van der Waals surface area contributed by atoms with Crippen LogP contribution in [0.4, 0.5) is 13.2 Å². The number of hydrogen-bond donors (Lipinski definition) is 2. The summed E-state index contributed by atoms with van der Waals surface area (Å²) in [7, 11) is -3.93. The summed E-state index contributed by atoms with van der Waals surface area (Å²) in [5.74, 6) is -0.355. The molecule has 1 atom stereocenters. The van der Waals surface area contributed by atoms with Gasteiger partial charge in [-0.05, 0) is 46.7 Å². The molecule has 0 radical (unpaired) electrons. The highest BCUT2D eigenvalue weighted by molar-refractivity contribution is 7.88. The zero-order chi connectivity index (χ0) is 20.4. The molecule has 0 amide bonds. The average Bonchev–Trinajstić information content (AvgIpc) is 3.33. The fourth-order valence-electron chi connectivity index (χ4n) is 2.62. The number of rotatable bonds is 7. The molecule has 0 aliphatic carbocycles. The molecule has 2 N–H and O–H groups in total. The molecule has 3 aromatic rings. The summed E-state index contributed by atoms with van der Waals surface area (Å²) < 4.78 is 70.2. The van der Waals surface area contributed by atoms with Crippen molar-refractivity contribution in [1.29, 1.82) is 0 Å². The van der Waals surface area contributed by atoms with Crippen LogP contribution in [0.5, 0.6) is 0 Å². The van der Waals surface area contributed by atoms with E-state index in [0.717, 1.165) is 24.3 Å². The van der Waals surface area contributed by atoms with Crippen LogP contribution in [0.3, 0.4) is 0 Å².